The van der Waals surface area contributed by atoms with Gasteiger partial charge in [0.15, 0.2) is 5.69 Å². The van der Waals surface area contributed by atoms with Gasteiger partial charge in [0.2, 0.25) is 5.88 Å². The Kier molecular flexibility index (Phi) is 4.07. The zero-order valence-corrected chi connectivity index (χ0v) is 10.4. The molecule has 0 saturated heterocycles. The molecule has 2 aromatic rings. The fraction of sp³-hybridized carbons (Fsp3) is 0.231. The lowest BCUT2D eigenvalue weighted by molar-refractivity contribution is -0.141. The van der Waals surface area contributed by atoms with Gasteiger partial charge in [0.1, 0.15) is 0 Å². The van der Waals surface area contributed by atoms with Crippen LogP contribution < -0.4 is 10.5 Å². The van der Waals surface area contributed by atoms with Crippen LogP contribution in [0.2, 0.25) is 0 Å². The van der Waals surface area contributed by atoms with Gasteiger partial charge in [-0.25, -0.2) is 0 Å². The Morgan fingerprint density at radius 3 is 2.40 bits per heavy atom. The molecule has 20 heavy (non-hydrogen) atoms. The van der Waals surface area contributed by atoms with E-state index in [1.54, 1.807) is 6.07 Å². The highest BCUT2D eigenvalue weighted by Crippen LogP contribution is 2.27. The number of hydrogen-bond acceptors (Lipinski definition) is 4. The third kappa shape index (κ3) is 3.59. The SMILES string of the molecule is Nc1ccccc1CCOc1ccc(C(F)(F)F)nn1. The molecule has 4 nitrogen and oxygen atoms in total. The predicted molar refractivity (Wildman–Crippen MR) is 67.1 cm³/mol. The first-order valence-corrected chi connectivity index (χ1v) is 5.84. The first kappa shape index (κ1) is 14.1. The maximum Gasteiger partial charge on any atom is 0.435 e. The summed E-state index contributed by atoms with van der Waals surface area (Å²) < 4.78 is 42.1. The molecule has 1 aromatic carbocycles. The molecular weight excluding hydrogens is 271 g/mol. The van der Waals surface area contributed by atoms with Crippen molar-refractivity contribution in [1.29, 1.82) is 0 Å². The average molecular weight is 283 g/mol. The van der Waals surface area contributed by atoms with E-state index in [-0.39, 0.29) is 12.5 Å². The zero-order chi connectivity index (χ0) is 14.6. The summed E-state index contributed by atoms with van der Waals surface area (Å²) in [7, 11) is 0. The van der Waals surface area contributed by atoms with E-state index in [2.05, 4.69) is 10.2 Å². The molecule has 0 unspecified atom stereocenters. The third-order valence-corrected chi connectivity index (χ3v) is 2.61. The van der Waals surface area contributed by atoms with Crippen molar-refractivity contribution in [3.63, 3.8) is 0 Å². The molecule has 0 aliphatic rings. The van der Waals surface area contributed by atoms with Crippen LogP contribution in [0.15, 0.2) is 36.4 Å². The van der Waals surface area contributed by atoms with Crippen molar-refractivity contribution in [3.8, 4) is 5.88 Å². The van der Waals surface area contributed by atoms with Crippen molar-refractivity contribution >= 4 is 5.69 Å². The highest BCUT2D eigenvalue weighted by Gasteiger charge is 2.32. The molecule has 0 saturated carbocycles. The number of benzene rings is 1. The Morgan fingerprint density at radius 2 is 1.80 bits per heavy atom. The first-order valence-electron chi connectivity index (χ1n) is 5.84. The normalized spacial score (nSPS) is 11.3. The topological polar surface area (TPSA) is 61.0 Å². The average Bonchev–Trinajstić information content (AvgIpc) is 2.40. The summed E-state index contributed by atoms with van der Waals surface area (Å²) in [5.41, 5.74) is 6.27. The lowest BCUT2D eigenvalue weighted by atomic mass is 10.1. The number of alkyl halides is 3. The molecule has 0 bridgehead atoms. The summed E-state index contributed by atoms with van der Waals surface area (Å²) in [5.74, 6) is 0.0486. The van der Waals surface area contributed by atoms with Crippen LogP contribution in [0.4, 0.5) is 18.9 Å². The molecule has 2 rings (SSSR count). The molecule has 0 aliphatic heterocycles. The van der Waals surface area contributed by atoms with Gasteiger partial charge in [-0.3, -0.25) is 0 Å². The zero-order valence-electron chi connectivity index (χ0n) is 10.4. The molecule has 0 aliphatic carbocycles. The standard InChI is InChI=1S/C13H12F3N3O/c14-13(15,16)11-5-6-12(19-18-11)20-8-7-9-3-1-2-4-10(9)17/h1-6H,7-8,17H2. The van der Waals surface area contributed by atoms with Crippen molar-refractivity contribution < 1.29 is 17.9 Å². The van der Waals surface area contributed by atoms with Gasteiger partial charge in [-0.1, -0.05) is 18.2 Å². The second kappa shape index (κ2) is 5.77. The number of aromatic nitrogens is 2. The minimum Gasteiger partial charge on any atom is -0.476 e. The van der Waals surface area contributed by atoms with Crippen LogP contribution in [-0.2, 0) is 12.6 Å². The number of nitrogens with zero attached hydrogens (tertiary/aromatic N) is 2. The van der Waals surface area contributed by atoms with Gasteiger partial charge in [-0.2, -0.15) is 13.2 Å². The summed E-state index contributed by atoms with van der Waals surface area (Å²) in [4.78, 5) is 0. The maximum atomic E-state index is 12.3. The molecule has 106 valence electrons. The summed E-state index contributed by atoms with van der Waals surface area (Å²) in [5, 5.41) is 6.44. The number of halogens is 3. The molecule has 1 heterocycles. The molecular formula is C13H12F3N3O. The molecule has 0 amide bonds. The number of para-hydroxylation sites is 1. The van der Waals surface area contributed by atoms with Crippen LogP contribution >= 0.6 is 0 Å². The smallest absolute Gasteiger partial charge is 0.435 e. The lowest BCUT2D eigenvalue weighted by Gasteiger charge is -2.08. The molecule has 1 aromatic heterocycles. The number of nitrogen functional groups attached to an aromatic ring is 1. The molecule has 0 spiro atoms. The molecule has 2 N–H and O–H groups in total. The number of nitrogens with two attached hydrogens (primary N) is 1. The van der Waals surface area contributed by atoms with E-state index in [0.29, 0.717) is 12.1 Å². The highest BCUT2D eigenvalue weighted by molar-refractivity contribution is 5.46. The molecule has 0 radical (unpaired) electrons. The van der Waals surface area contributed by atoms with Gasteiger partial charge in [-0.05, 0) is 17.7 Å². The monoisotopic (exact) mass is 283 g/mol. The van der Waals surface area contributed by atoms with Gasteiger partial charge in [0, 0.05) is 18.2 Å². The Bertz CT molecular complexity index is 570. The van der Waals surface area contributed by atoms with E-state index in [1.807, 2.05) is 18.2 Å². The quantitative estimate of drug-likeness (QED) is 0.876. The predicted octanol–water partition coefficient (Wildman–Crippen LogP) is 2.70. The van der Waals surface area contributed by atoms with Crippen molar-refractivity contribution in [2.75, 3.05) is 12.3 Å². The number of hydrogen-bond donors (Lipinski definition) is 1. The maximum absolute atomic E-state index is 12.3. The van der Waals surface area contributed by atoms with Gasteiger partial charge >= 0.3 is 6.18 Å². The van der Waals surface area contributed by atoms with Crippen molar-refractivity contribution in [3.05, 3.63) is 47.7 Å². The largest absolute Gasteiger partial charge is 0.476 e. The van der Waals surface area contributed by atoms with E-state index in [9.17, 15) is 13.2 Å². The summed E-state index contributed by atoms with van der Waals surface area (Å²) >= 11 is 0. The summed E-state index contributed by atoms with van der Waals surface area (Å²) in [6, 6.07) is 9.28. The number of anilines is 1. The second-order valence-electron chi connectivity index (χ2n) is 4.05. The van der Waals surface area contributed by atoms with Crippen molar-refractivity contribution in [1.82, 2.24) is 10.2 Å². The fourth-order valence-corrected chi connectivity index (χ4v) is 1.58. The van der Waals surface area contributed by atoms with Crippen LogP contribution in [0.5, 0.6) is 5.88 Å². The van der Waals surface area contributed by atoms with Crippen molar-refractivity contribution in [2.45, 2.75) is 12.6 Å². The third-order valence-electron chi connectivity index (χ3n) is 2.61. The molecule has 0 fully saturated rings. The first-order chi connectivity index (χ1) is 9.47. The van der Waals surface area contributed by atoms with Crippen LogP contribution in [0.3, 0.4) is 0 Å². The van der Waals surface area contributed by atoms with Gasteiger partial charge in [0.25, 0.3) is 0 Å². The van der Waals surface area contributed by atoms with E-state index in [4.69, 9.17) is 10.5 Å². The Labute approximate surface area is 113 Å². The van der Waals surface area contributed by atoms with E-state index >= 15 is 0 Å². The lowest BCUT2D eigenvalue weighted by Crippen LogP contribution is -2.10. The number of rotatable bonds is 4. The molecule has 7 heteroatoms. The van der Waals surface area contributed by atoms with E-state index < -0.39 is 11.9 Å². The van der Waals surface area contributed by atoms with Crippen LogP contribution in [0.25, 0.3) is 0 Å². The van der Waals surface area contributed by atoms with Gasteiger partial charge < -0.3 is 10.5 Å². The van der Waals surface area contributed by atoms with E-state index in [0.717, 1.165) is 17.7 Å². The minimum atomic E-state index is -4.50. The second-order valence-corrected chi connectivity index (χ2v) is 4.05. The number of ether oxygens (including phenoxy) is 1. The fourth-order valence-electron chi connectivity index (χ4n) is 1.58. The van der Waals surface area contributed by atoms with Crippen LogP contribution in [0.1, 0.15) is 11.3 Å². The Hall–Kier alpha value is -2.31. The highest BCUT2D eigenvalue weighted by atomic mass is 19.4. The van der Waals surface area contributed by atoms with Crippen LogP contribution in [-0.4, -0.2) is 16.8 Å². The van der Waals surface area contributed by atoms with Crippen LogP contribution in [0, 0.1) is 0 Å². The summed E-state index contributed by atoms with van der Waals surface area (Å²) in [6.45, 7) is 0.258. The van der Waals surface area contributed by atoms with E-state index in [1.165, 1.54) is 0 Å². The minimum absolute atomic E-state index is 0.0486. The van der Waals surface area contributed by atoms with Crippen molar-refractivity contribution in [2.24, 2.45) is 0 Å². The Balaban J connectivity index is 1.90. The summed E-state index contributed by atoms with van der Waals surface area (Å²) in [6.07, 6.45) is -3.96. The van der Waals surface area contributed by atoms with Gasteiger partial charge in [-0.15, -0.1) is 10.2 Å². The molecule has 0 atom stereocenters. The Morgan fingerprint density at radius 1 is 1.05 bits per heavy atom. The van der Waals surface area contributed by atoms with Gasteiger partial charge in [0.05, 0.1) is 6.61 Å².